The number of aromatic carboxylic acids is 1. The summed E-state index contributed by atoms with van der Waals surface area (Å²) in [6.07, 6.45) is 0. The third-order valence-electron chi connectivity index (χ3n) is 2.88. The Hall–Kier alpha value is -2.76. The van der Waals surface area contributed by atoms with Crippen LogP contribution in [0.1, 0.15) is 28.8 Å². The second-order valence-electron chi connectivity index (χ2n) is 4.64. The smallest absolute Gasteiger partial charge is 0.371 e. The van der Waals surface area contributed by atoms with Crippen LogP contribution >= 0.6 is 0 Å². The lowest BCUT2D eigenvalue weighted by atomic mass is 10.1. The number of carboxylic acid groups (broad SMARTS) is 1. The second kappa shape index (κ2) is 6.13. The van der Waals surface area contributed by atoms with E-state index in [0.717, 1.165) is 11.3 Å². The van der Waals surface area contributed by atoms with Crippen LogP contribution in [0.2, 0.25) is 0 Å². The number of rotatable bonds is 5. The lowest BCUT2D eigenvalue weighted by molar-refractivity contribution is -0.114. The molecule has 0 unspecified atom stereocenters. The molecule has 1 aromatic heterocycles. The Kier molecular flexibility index (Phi) is 4.27. The van der Waals surface area contributed by atoms with Crippen molar-refractivity contribution in [3.05, 3.63) is 47.4 Å². The minimum absolute atomic E-state index is 0.0875. The first-order valence-corrected chi connectivity index (χ1v) is 6.40. The lowest BCUT2D eigenvalue weighted by Crippen LogP contribution is -2.07. The van der Waals surface area contributed by atoms with E-state index in [1.165, 1.54) is 13.0 Å². The molecule has 1 amide bonds. The molecule has 0 bridgehead atoms. The monoisotopic (exact) mass is 288 g/mol. The van der Waals surface area contributed by atoms with Gasteiger partial charge in [0.15, 0.2) is 0 Å². The highest BCUT2D eigenvalue weighted by Crippen LogP contribution is 2.21. The number of carbonyl (C=O) groups excluding carboxylic acids is 1. The first kappa shape index (κ1) is 14.6. The van der Waals surface area contributed by atoms with Crippen molar-refractivity contribution in [3.8, 4) is 0 Å². The van der Waals surface area contributed by atoms with E-state index in [-0.39, 0.29) is 11.7 Å². The molecule has 3 N–H and O–H groups in total. The second-order valence-corrected chi connectivity index (χ2v) is 4.64. The Morgan fingerprint density at radius 2 is 2.00 bits per heavy atom. The van der Waals surface area contributed by atoms with E-state index < -0.39 is 5.97 Å². The van der Waals surface area contributed by atoms with Crippen molar-refractivity contribution >= 4 is 23.3 Å². The number of amides is 1. The molecule has 0 saturated carbocycles. The van der Waals surface area contributed by atoms with Crippen LogP contribution in [0, 0.1) is 6.92 Å². The van der Waals surface area contributed by atoms with Crippen LogP contribution < -0.4 is 10.6 Å². The third-order valence-corrected chi connectivity index (χ3v) is 2.88. The van der Waals surface area contributed by atoms with Crippen LogP contribution in [0.3, 0.4) is 0 Å². The van der Waals surface area contributed by atoms with E-state index in [0.29, 0.717) is 18.0 Å². The van der Waals surface area contributed by atoms with Crippen molar-refractivity contribution in [3.63, 3.8) is 0 Å². The van der Waals surface area contributed by atoms with Gasteiger partial charge in [-0.15, -0.1) is 0 Å². The fraction of sp³-hybridized carbons (Fsp3) is 0.200. The normalized spacial score (nSPS) is 10.2. The number of anilines is 2. The van der Waals surface area contributed by atoms with Crippen molar-refractivity contribution in [1.29, 1.82) is 0 Å². The van der Waals surface area contributed by atoms with Gasteiger partial charge in [0, 0.05) is 18.3 Å². The minimum atomic E-state index is -1.09. The van der Waals surface area contributed by atoms with E-state index in [1.807, 2.05) is 25.1 Å². The van der Waals surface area contributed by atoms with Crippen LogP contribution in [0.5, 0.6) is 0 Å². The summed E-state index contributed by atoms with van der Waals surface area (Å²) in [5, 5.41) is 14.7. The third kappa shape index (κ3) is 3.85. The predicted molar refractivity (Wildman–Crippen MR) is 78.5 cm³/mol. The van der Waals surface area contributed by atoms with E-state index in [1.54, 1.807) is 6.07 Å². The van der Waals surface area contributed by atoms with Crippen molar-refractivity contribution in [1.82, 2.24) is 0 Å². The maximum atomic E-state index is 11.1. The molecule has 0 aliphatic carbocycles. The first-order valence-electron chi connectivity index (χ1n) is 6.40. The van der Waals surface area contributed by atoms with Crippen LogP contribution in [0.25, 0.3) is 0 Å². The van der Waals surface area contributed by atoms with Gasteiger partial charge in [0.2, 0.25) is 11.7 Å². The molecule has 0 radical (unpaired) electrons. The van der Waals surface area contributed by atoms with Crippen LogP contribution in [0.15, 0.2) is 34.7 Å². The summed E-state index contributed by atoms with van der Waals surface area (Å²) in [6, 6.07) is 8.55. The molecule has 1 heterocycles. The summed E-state index contributed by atoms with van der Waals surface area (Å²) >= 11 is 0. The average Bonchev–Trinajstić information content (AvgIpc) is 2.88. The first-order chi connectivity index (χ1) is 9.95. The number of hydrogen-bond acceptors (Lipinski definition) is 4. The summed E-state index contributed by atoms with van der Waals surface area (Å²) in [7, 11) is 0. The standard InChI is InChI=1S/C15H16N2O4/c1-9-3-4-11(17-10(2)18)7-13(9)16-8-12-5-6-14(21-12)15(19)20/h3-7,16H,8H2,1-2H3,(H,17,18)(H,19,20). The fourth-order valence-corrected chi connectivity index (χ4v) is 1.86. The zero-order chi connectivity index (χ0) is 15.4. The molecule has 110 valence electrons. The van der Waals surface area contributed by atoms with E-state index in [2.05, 4.69) is 10.6 Å². The highest BCUT2D eigenvalue weighted by atomic mass is 16.4. The molecule has 6 nitrogen and oxygen atoms in total. The number of carbonyl (C=O) groups is 2. The maximum Gasteiger partial charge on any atom is 0.371 e. The fourth-order valence-electron chi connectivity index (χ4n) is 1.86. The zero-order valence-electron chi connectivity index (χ0n) is 11.8. The van der Waals surface area contributed by atoms with Gasteiger partial charge in [0.25, 0.3) is 0 Å². The number of benzene rings is 1. The largest absolute Gasteiger partial charge is 0.475 e. The minimum Gasteiger partial charge on any atom is -0.475 e. The molecule has 0 fully saturated rings. The summed E-state index contributed by atoms with van der Waals surface area (Å²) in [5.74, 6) is -0.792. The number of aryl methyl sites for hydroxylation is 1. The van der Waals surface area contributed by atoms with Crippen molar-refractivity contribution in [2.45, 2.75) is 20.4 Å². The zero-order valence-corrected chi connectivity index (χ0v) is 11.8. The van der Waals surface area contributed by atoms with Gasteiger partial charge in [-0.25, -0.2) is 4.79 Å². The average molecular weight is 288 g/mol. The summed E-state index contributed by atoms with van der Waals surface area (Å²) in [6.45, 7) is 3.74. The molecule has 2 rings (SSSR count). The van der Waals surface area contributed by atoms with Crippen molar-refractivity contribution in [2.24, 2.45) is 0 Å². The highest BCUT2D eigenvalue weighted by molar-refractivity contribution is 5.89. The van der Waals surface area contributed by atoms with Gasteiger partial charge in [-0.05, 0) is 36.8 Å². The molecule has 1 aromatic carbocycles. The van der Waals surface area contributed by atoms with Gasteiger partial charge in [-0.2, -0.15) is 0 Å². The highest BCUT2D eigenvalue weighted by Gasteiger charge is 2.09. The summed E-state index contributed by atoms with van der Waals surface area (Å²) < 4.78 is 5.17. The molecule has 0 aliphatic rings. The molecule has 0 spiro atoms. The number of nitrogens with one attached hydrogen (secondary N) is 2. The molecule has 21 heavy (non-hydrogen) atoms. The van der Waals surface area contributed by atoms with Gasteiger partial charge in [-0.3, -0.25) is 4.79 Å². The maximum absolute atomic E-state index is 11.1. The molecular formula is C15H16N2O4. The number of hydrogen-bond donors (Lipinski definition) is 3. The van der Waals surface area contributed by atoms with Gasteiger partial charge in [0.1, 0.15) is 5.76 Å². The lowest BCUT2D eigenvalue weighted by Gasteiger charge is -2.11. The Bertz CT molecular complexity index is 676. The molecular weight excluding hydrogens is 272 g/mol. The van der Waals surface area contributed by atoms with Crippen LogP contribution in [0.4, 0.5) is 11.4 Å². The van der Waals surface area contributed by atoms with Gasteiger partial charge >= 0.3 is 5.97 Å². The van der Waals surface area contributed by atoms with E-state index >= 15 is 0 Å². The van der Waals surface area contributed by atoms with Crippen LogP contribution in [-0.2, 0) is 11.3 Å². The Balaban J connectivity index is 2.07. The molecule has 0 saturated heterocycles. The van der Waals surface area contributed by atoms with Gasteiger partial charge < -0.3 is 20.2 Å². The molecule has 0 aliphatic heterocycles. The van der Waals surface area contributed by atoms with Crippen molar-refractivity contribution < 1.29 is 19.1 Å². The van der Waals surface area contributed by atoms with Gasteiger partial charge in [-0.1, -0.05) is 6.07 Å². The summed E-state index contributed by atoms with van der Waals surface area (Å²) in [5.41, 5.74) is 2.55. The molecule has 0 atom stereocenters. The molecule has 2 aromatic rings. The van der Waals surface area contributed by atoms with Crippen LogP contribution in [-0.4, -0.2) is 17.0 Å². The van der Waals surface area contributed by atoms with E-state index in [9.17, 15) is 9.59 Å². The van der Waals surface area contributed by atoms with E-state index in [4.69, 9.17) is 9.52 Å². The Labute approximate surface area is 121 Å². The predicted octanol–water partition coefficient (Wildman–Crippen LogP) is 2.86. The van der Waals surface area contributed by atoms with Gasteiger partial charge in [0.05, 0.1) is 6.54 Å². The SMILES string of the molecule is CC(=O)Nc1ccc(C)c(NCc2ccc(C(=O)O)o2)c1. The summed E-state index contributed by atoms with van der Waals surface area (Å²) in [4.78, 5) is 21.8. The topological polar surface area (TPSA) is 91.6 Å². The quantitative estimate of drug-likeness (QED) is 0.787. The Morgan fingerprint density at radius 3 is 2.62 bits per heavy atom. The van der Waals surface area contributed by atoms with Crippen molar-refractivity contribution in [2.75, 3.05) is 10.6 Å². The number of furan rings is 1. The number of carboxylic acids is 1. The Morgan fingerprint density at radius 1 is 1.24 bits per heavy atom. The molecule has 6 heteroatoms.